The third-order valence-electron chi connectivity index (χ3n) is 8.46. The van der Waals surface area contributed by atoms with Crippen LogP contribution >= 0.6 is 11.3 Å². The van der Waals surface area contributed by atoms with E-state index in [1.807, 2.05) is 25.4 Å². The Morgan fingerprint density at radius 2 is 2.15 bits per heavy atom. The predicted octanol–water partition coefficient (Wildman–Crippen LogP) is 4.83. The Labute approximate surface area is 244 Å². The second-order valence-electron chi connectivity index (χ2n) is 11.4. The third-order valence-corrected chi connectivity index (χ3v) is 9.54. The second kappa shape index (κ2) is 10.9. The van der Waals surface area contributed by atoms with Crippen molar-refractivity contribution in [3.05, 3.63) is 45.7 Å². The maximum Gasteiger partial charge on any atom is 0.184 e. The van der Waals surface area contributed by atoms with Crippen LogP contribution in [0.15, 0.2) is 22.9 Å². The summed E-state index contributed by atoms with van der Waals surface area (Å²) in [6, 6.07) is 6.66. The summed E-state index contributed by atoms with van der Waals surface area (Å²) < 4.78 is 8.05. The number of nitrogens with zero attached hydrogens (tertiary/aromatic N) is 7. The van der Waals surface area contributed by atoms with Crippen LogP contribution in [0.2, 0.25) is 0 Å². The number of nitriles is 1. The molecule has 4 aromatic heterocycles. The minimum atomic E-state index is -0.505. The van der Waals surface area contributed by atoms with Crippen molar-refractivity contribution in [2.24, 2.45) is 7.05 Å². The van der Waals surface area contributed by atoms with Gasteiger partial charge in [-0.25, -0.2) is 9.97 Å². The molecule has 0 saturated carbocycles. The number of aryl methyl sites for hydroxylation is 2. The number of anilines is 2. The summed E-state index contributed by atoms with van der Waals surface area (Å²) in [7, 11) is 1.91. The fourth-order valence-corrected chi connectivity index (χ4v) is 7.64. The Hall–Kier alpha value is -3.75. The van der Waals surface area contributed by atoms with Gasteiger partial charge in [-0.3, -0.25) is 4.68 Å². The maximum absolute atomic E-state index is 10.0. The SMILES string of the molecule is CCCc1c(-c2nc(-c3ccn(C)n3)cc(N3CCCNC[C@@H]3C)n2)noc1[C@@]1(C)CCCc2sc(N)c(C#N)c21. The molecule has 1 aliphatic heterocycles. The Morgan fingerprint density at radius 1 is 1.29 bits per heavy atom. The maximum atomic E-state index is 10.0. The van der Waals surface area contributed by atoms with Crippen LogP contribution in [-0.2, 0) is 25.3 Å². The highest BCUT2D eigenvalue weighted by Gasteiger charge is 2.44. The second-order valence-corrected chi connectivity index (χ2v) is 12.6. The van der Waals surface area contributed by atoms with Crippen LogP contribution in [0, 0.1) is 11.3 Å². The number of hydrogen-bond acceptors (Lipinski definition) is 10. The lowest BCUT2D eigenvalue weighted by atomic mass is 9.69. The van der Waals surface area contributed by atoms with Crippen LogP contribution in [-0.4, -0.2) is 50.6 Å². The minimum Gasteiger partial charge on any atom is -0.389 e. The molecule has 41 heavy (non-hydrogen) atoms. The number of thiophene rings is 1. The summed E-state index contributed by atoms with van der Waals surface area (Å²) in [6.45, 7) is 9.31. The molecule has 0 amide bonds. The lowest BCUT2D eigenvalue weighted by Gasteiger charge is -2.33. The topological polar surface area (TPSA) is 135 Å². The lowest BCUT2D eigenvalue weighted by Crippen LogP contribution is -2.38. The van der Waals surface area contributed by atoms with Gasteiger partial charge >= 0.3 is 0 Å². The summed E-state index contributed by atoms with van der Waals surface area (Å²) in [4.78, 5) is 13.7. The van der Waals surface area contributed by atoms with Crippen LogP contribution in [0.3, 0.4) is 0 Å². The van der Waals surface area contributed by atoms with Gasteiger partial charge < -0.3 is 20.5 Å². The van der Waals surface area contributed by atoms with Gasteiger partial charge in [0.2, 0.25) is 0 Å². The standard InChI is InChI=1S/C30H37N9OS/c1-5-8-19-26(37-40-27(19)30(3)11-6-9-23-25(30)20(16-31)28(32)41-23)29-34-22(21-10-14-38(4)36-21)15-24(35-29)39-13-7-12-33-17-18(39)2/h10,14-15,18,33H,5-9,11-13,17,32H2,1-4H3/t18-,30-/m0/s1. The van der Waals surface area contributed by atoms with Crippen molar-refractivity contribution < 1.29 is 4.52 Å². The highest BCUT2D eigenvalue weighted by molar-refractivity contribution is 7.16. The molecule has 0 radical (unpaired) electrons. The first kappa shape index (κ1) is 27.4. The van der Waals surface area contributed by atoms with Crippen molar-refractivity contribution in [1.82, 2.24) is 30.2 Å². The molecule has 2 atom stereocenters. The summed E-state index contributed by atoms with van der Waals surface area (Å²) >= 11 is 1.53. The van der Waals surface area contributed by atoms with Gasteiger partial charge in [-0.15, -0.1) is 11.3 Å². The zero-order valence-corrected chi connectivity index (χ0v) is 25.0. The number of fused-ring (bicyclic) bond motifs is 1. The molecule has 0 unspecified atom stereocenters. The summed E-state index contributed by atoms with van der Waals surface area (Å²) in [5.41, 5.74) is 10.6. The van der Waals surface area contributed by atoms with Gasteiger partial charge in [-0.05, 0) is 64.1 Å². The van der Waals surface area contributed by atoms with Gasteiger partial charge in [0, 0.05) is 48.9 Å². The van der Waals surface area contributed by atoms with Crippen LogP contribution in [0.4, 0.5) is 10.8 Å². The van der Waals surface area contributed by atoms with Gasteiger partial charge in [0.15, 0.2) is 17.3 Å². The van der Waals surface area contributed by atoms with Crippen molar-refractivity contribution in [2.45, 2.75) is 70.8 Å². The predicted molar refractivity (Wildman–Crippen MR) is 161 cm³/mol. The molecular weight excluding hydrogens is 534 g/mol. The molecule has 0 aromatic carbocycles. The molecule has 1 fully saturated rings. The molecule has 2 aliphatic rings. The Balaban J connectivity index is 1.53. The van der Waals surface area contributed by atoms with Gasteiger partial charge in [0.25, 0.3) is 0 Å². The molecule has 10 nitrogen and oxygen atoms in total. The molecule has 0 spiro atoms. The van der Waals surface area contributed by atoms with E-state index in [1.54, 1.807) is 4.68 Å². The average molecular weight is 572 g/mol. The quantitative estimate of drug-likeness (QED) is 0.334. The first-order chi connectivity index (χ1) is 19.8. The average Bonchev–Trinajstić information content (AvgIpc) is 3.63. The molecule has 11 heteroatoms. The van der Waals surface area contributed by atoms with Crippen molar-refractivity contribution in [2.75, 3.05) is 30.3 Å². The normalized spacial score (nSPS) is 21.0. The largest absolute Gasteiger partial charge is 0.389 e. The molecule has 0 bridgehead atoms. The molecule has 4 aromatic rings. The van der Waals surface area contributed by atoms with E-state index >= 15 is 0 Å². The van der Waals surface area contributed by atoms with E-state index < -0.39 is 5.41 Å². The summed E-state index contributed by atoms with van der Waals surface area (Å²) in [6.07, 6.45) is 7.39. The van der Waals surface area contributed by atoms with E-state index in [4.69, 9.17) is 20.2 Å². The third kappa shape index (κ3) is 4.79. The van der Waals surface area contributed by atoms with Crippen LogP contribution in [0.1, 0.15) is 73.8 Å². The Morgan fingerprint density at radius 3 is 2.90 bits per heavy atom. The number of aromatic nitrogens is 5. The van der Waals surface area contributed by atoms with Crippen molar-refractivity contribution in [3.8, 4) is 29.0 Å². The van der Waals surface area contributed by atoms with Crippen molar-refractivity contribution in [1.29, 1.82) is 5.26 Å². The van der Waals surface area contributed by atoms with E-state index in [0.717, 1.165) is 92.3 Å². The summed E-state index contributed by atoms with van der Waals surface area (Å²) in [5.74, 6) is 2.20. The van der Waals surface area contributed by atoms with Gasteiger partial charge in [0.1, 0.15) is 22.6 Å². The fraction of sp³-hybridized carbons (Fsp3) is 0.500. The minimum absolute atomic E-state index is 0.271. The molecule has 214 valence electrons. The highest BCUT2D eigenvalue weighted by atomic mass is 32.1. The number of rotatable bonds is 6. The summed E-state index contributed by atoms with van der Waals surface area (Å²) in [5, 5.41) is 23.4. The lowest BCUT2D eigenvalue weighted by molar-refractivity contribution is 0.307. The van der Waals surface area contributed by atoms with E-state index in [9.17, 15) is 5.26 Å². The Kier molecular flexibility index (Phi) is 7.30. The van der Waals surface area contributed by atoms with Gasteiger partial charge in [-0.1, -0.05) is 18.5 Å². The zero-order valence-electron chi connectivity index (χ0n) is 24.2. The molecule has 5 heterocycles. The van der Waals surface area contributed by atoms with Gasteiger partial charge in [-0.2, -0.15) is 10.4 Å². The number of hydrogen-bond donors (Lipinski definition) is 2. The van der Waals surface area contributed by atoms with Crippen molar-refractivity contribution in [3.63, 3.8) is 0 Å². The number of nitrogen functional groups attached to an aromatic ring is 1. The fourth-order valence-electron chi connectivity index (χ4n) is 6.45. The number of nitrogens with two attached hydrogens (primary N) is 1. The van der Waals surface area contributed by atoms with E-state index in [0.29, 0.717) is 22.1 Å². The smallest absolute Gasteiger partial charge is 0.184 e. The molecular formula is C30H37N9OS. The van der Waals surface area contributed by atoms with Crippen molar-refractivity contribution >= 4 is 22.2 Å². The molecule has 1 saturated heterocycles. The first-order valence-electron chi connectivity index (χ1n) is 14.5. The first-order valence-corrected chi connectivity index (χ1v) is 15.3. The van der Waals surface area contributed by atoms with Crippen LogP contribution < -0.4 is 16.0 Å². The highest BCUT2D eigenvalue weighted by Crippen LogP contribution is 2.50. The van der Waals surface area contributed by atoms with Crippen LogP contribution in [0.25, 0.3) is 22.9 Å². The zero-order chi connectivity index (χ0) is 28.7. The molecule has 1 aliphatic carbocycles. The number of nitrogens with one attached hydrogen (secondary N) is 1. The van der Waals surface area contributed by atoms with E-state index in [1.165, 1.54) is 16.2 Å². The monoisotopic (exact) mass is 571 g/mol. The molecule has 6 rings (SSSR count). The van der Waals surface area contributed by atoms with Crippen LogP contribution in [0.5, 0.6) is 0 Å². The molecule has 3 N–H and O–H groups in total. The Bertz CT molecular complexity index is 1610. The van der Waals surface area contributed by atoms with E-state index in [2.05, 4.69) is 47.3 Å². The van der Waals surface area contributed by atoms with Gasteiger partial charge in [0.05, 0.1) is 16.7 Å². The van der Waals surface area contributed by atoms with E-state index in [-0.39, 0.29) is 6.04 Å².